The molecule has 0 bridgehead atoms. The third-order valence-corrected chi connectivity index (χ3v) is 2.03. The van der Waals surface area contributed by atoms with E-state index in [0.717, 1.165) is 5.56 Å². The second-order valence-electron chi connectivity index (χ2n) is 2.66. The number of halogens is 2. The number of hydrogen-bond acceptors (Lipinski definition) is 2. The molecule has 0 unspecified atom stereocenters. The molecule has 0 aromatic heterocycles. The van der Waals surface area contributed by atoms with Crippen LogP contribution in [-0.2, 0) is 5.88 Å². The van der Waals surface area contributed by atoms with Gasteiger partial charge in [-0.15, -0.1) is 11.6 Å². The van der Waals surface area contributed by atoms with Crippen LogP contribution in [0.15, 0.2) is 18.2 Å². The highest BCUT2D eigenvalue weighted by Gasteiger charge is 2.04. The van der Waals surface area contributed by atoms with Gasteiger partial charge in [0.05, 0.1) is 7.11 Å². The number of alkyl halides is 2. The van der Waals surface area contributed by atoms with E-state index >= 15 is 0 Å². The molecule has 1 aromatic carbocycles. The zero-order valence-corrected chi connectivity index (χ0v) is 8.68. The third kappa shape index (κ3) is 2.77. The Labute approximate surface area is 87.6 Å². The van der Waals surface area contributed by atoms with Crippen LogP contribution in [0.4, 0.5) is 4.39 Å². The van der Waals surface area contributed by atoms with E-state index in [-0.39, 0.29) is 6.61 Å². The van der Waals surface area contributed by atoms with Crippen molar-refractivity contribution < 1.29 is 13.9 Å². The first-order chi connectivity index (χ1) is 6.81. The van der Waals surface area contributed by atoms with Crippen molar-refractivity contribution in [1.29, 1.82) is 0 Å². The SMILES string of the molecule is COc1cc(CCl)ccc1OCCF. The fourth-order valence-electron chi connectivity index (χ4n) is 1.06. The fraction of sp³-hybridized carbons (Fsp3) is 0.400. The molecule has 0 saturated heterocycles. The zero-order valence-electron chi connectivity index (χ0n) is 7.93. The van der Waals surface area contributed by atoms with E-state index in [9.17, 15) is 4.39 Å². The highest BCUT2D eigenvalue weighted by atomic mass is 35.5. The summed E-state index contributed by atoms with van der Waals surface area (Å²) in [7, 11) is 1.54. The minimum atomic E-state index is -0.513. The van der Waals surface area contributed by atoms with Crippen molar-refractivity contribution in [3.05, 3.63) is 23.8 Å². The predicted molar refractivity (Wildman–Crippen MR) is 54.0 cm³/mol. The molecule has 1 aromatic rings. The lowest BCUT2D eigenvalue weighted by Crippen LogP contribution is -2.00. The first kappa shape index (κ1) is 11.1. The molecule has 0 amide bonds. The number of hydrogen-bond donors (Lipinski definition) is 0. The largest absolute Gasteiger partial charge is 0.493 e. The number of methoxy groups -OCH3 is 1. The van der Waals surface area contributed by atoms with Crippen LogP contribution in [0.5, 0.6) is 11.5 Å². The Bertz CT molecular complexity index is 291. The van der Waals surface area contributed by atoms with Gasteiger partial charge in [-0.05, 0) is 17.7 Å². The van der Waals surface area contributed by atoms with Crippen LogP contribution in [0.3, 0.4) is 0 Å². The summed E-state index contributed by atoms with van der Waals surface area (Å²) in [5.41, 5.74) is 0.941. The molecule has 0 aliphatic carbocycles. The molecule has 0 heterocycles. The van der Waals surface area contributed by atoms with E-state index in [4.69, 9.17) is 21.1 Å². The second-order valence-corrected chi connectivity index (χ2v) is 2.92. The third-order valence-electron chi connectivity index (χ3n) is 1.72. The van der Waals surface area contributed by atoms with Crippen molar-refractivity contribution in [3.63, 3.8) is 0 Å². The Morgan fingerprint density at radius 3 is 2.71 bits per heavy atom. The van der Waals surface area contributed by atoms with Crippen LogP contribution in [0.2, 0.25) is 0 Å². The summed E-state index contributed by atoms with van der Waals surface area (Å²) >= 11 is 5.66. The maximum Gasteiger partial charge on any atom is 0.161 e. The summed E-state index contributed by atoms with van der Waals surface area (Å²) in [4.78, 5) is 0. The molecule has 0 fully saturated rings. The van der Waals surface area contributed by atoms with E-state index in [1.807, 2.05) is 6.07 Å². The number of benzene rings is 1. The van der Waals surface area contributed by atoms with Gasteiger partial charge in [-0.1, -0.05) is 6.07 Å². The van der Waals surface area contributed by atoms with Crippen LogP contribution >= 0.6 is 11.6 Å². The quantitative estimate of drug-likeness (QED) is 0.708. The topological polar surface area (TPSA) is 18.5 Å². The Kier molecular flexibility index (Phi) is 4.53. The van der Waals surface area contributed by atoms with Gasteiger partial charge >= 0.3 is 0 Å². The molecule has 0 aliphatic heterocycles. The van der Waals surface area contributed by atoms with Gasteiger partial charge in [0.25, 0.3) is 0 Å². The van der Waals surface area contributed by atoms with Gasteiger partial charge in [-0.2, -0.15) is 0 Å². The van der Waals surface area contributed by atoms with Crippen molar-refractivity contribution in [2.75, 3.05) is 20.4 Å². The van der Waals surface area contributed by atoms with Gasteiger partial charge in [0.1, 0.15) is 13.3 Å². The Hall–Kier alpha value is -0.960. The van der Waals surface area contributed by atoms with E-state index in [1.54, 1.807) is 12.1 Å². The Morgan fingerprint density at radius 2 is 2.14 bits per heavy atom. The standard InChI is InChI=1S/C10H12ClFO2/c1-13-10-6-8(7-11)2-3-9(10)14-5-4-12/h2-3,6H,4-5,7H2,1H3. The molecule has 0 N–H and O–H groups in total. The molecule has 0 spiro atoms. The second kappa shape index (κ2) is 5.70. The molecule has 0 atom stereocenters. The maximum atomic E-state index is 11.9. The molecule has 2 nitrogen and oxygen atoms in total. The van der Waals surface area contributed by atoms with E-state index in [0.29, 0.717) is 17.4 Å². The van der Waals surface area contributed by atoms with Gasteiger partial charge in [0.15, 0.2) is 11.5 Å². The molecule has 78 valence electrons. The predicted octanol–water partition coefficient (Wildman–Crippen LogP) is 2.78. The van der Waals surface area contributed by atoms with Crippen LogP contribution in [0.1, 0.15) is 5.56 Å². The first-order valence-corrected chi connectivity index (χ1v) is 4.77. The van der Waals surface area contributed by atoms with Gasteiger partial charge in [-0.25, -0.2) is 4.39 Å². The molecule has 4 heteroatoms. The summed E-state index contributed by atoms with van der Waals surface area (Å²) < 4.78 is 22.1. The summed E-state index contributed by atoms with van der Waals surface area (Å²) in [6.45, 7) is -0.475. The van der Waals surface area contributed by atoms with Crippen molar-refractivity contribution in [3.8, 4) is 11.5 Å². The lowest BCUT2D eigenvalue weighted by atomic mass is 10.2. The van der Waals surface area contributed by atoms with E-state index in [2.05, 4.69) is 0 Å². The summed E-state index contributed by atoms with van der Waals surface area (Å²) in [6, 6.07) is 5.33. The lowest BCUT2D eigenvalue weighted by molar-refractivity contribution is 0.260. The summed E-state index contributed by atoms with van der Waals surface area (Å²) in [6.07, 6.45) is 0. The van der Waals surface area contributed by atoms with E-state index in [1.165, 1.54) is 7.11 Å². The fourth-order valence-corrected chi connectivity index (χ4v) is 1.23. The summed E-state index contributed by atoms with van der Waals surface area (Å²) in [5, 5.41) is 0. The molecular formula is C10H12ClFO2. The summed E-state index contributed by atoms with van der Waals surface area (Å²) in [5.74, 6) is 1.54. The first-order valence-electron chi connectivity index (χ1n) is 4.23. The average molecular weight is 219 g/mol. The minimum Gasteiger partial charge on any atom is -0.493 e. The monoisotopic (exact) mass is 218 g/mol. The van der Waals surface area contributed by atoms with Gasteiger partial charge in [0.2, 0.25) is 0 Å². The maximum absolute atomic E-state index is 11.9. The lowest BCUT2D eigenvalue weighted by Gasteiger charge is -2.10. The zero-order chi connectivity index (χ0) is 10.4. The number of rotatable bonds is 5. The molecule has 14 heavy (non-hydrogen) atoms. The highest BCUT2D eigenvalue weighted by Crippen LogP contribution is 2.28. The van der Waals surface area contributed by atoms with Crippen molar-refractivity contribution in [1.82, 2.24) is 0 Å². The van der Waals surface area contributed by atoms with Crippen molar-refractivity contribution in [2.45, 2.75) is 5.88 Å². The van der Waals surface area contributed by atoms with Crippen LogP contribution in [0.25, 0.3) is 0 Å². The van der Waals surface area contributed by atoms with Gasteiger partial charge < -0.3 is 9.47 Å². The van der Waals surface area contributed by atoms with Gasteiger partial charge in [-0.3, -0.25) is 0 Å². The van der Waals surface area contributed by atoms with Crippen molar-refractivity contribution in [2.24, 2.45) is 0 Å². The highest BCUT2D eigenvalue weighted by molar-refractivity contribution is 6.17. The Balaban J connectivity index is 2.82. The van der Waals surface area contributed by atoms with Gasteiger partial charge in [0, 0.05) is 5.88 Å². The molecular weight excluding hydrogens is 207 g/mol. The molecule has 1 rings (SSSR count). The van der Waals surface area contributed by atoms with Crippen LogP contribution < -0.4 is 9.47 Å². The molecule has 0 aliphatic rings. The van der Waals surface area contributed by atoms with E-state index < -0.39 is 6.67 Å². The minimum absolute atomic E-state index is 0.0383. The van der Waals surface area contributed by atoms with Crippen LogP contribution in [0, 0.1) is 0 Å². The normalized spacial score (nSPS) is 9.93. The average Bonchev–Trinajstić information content (AvgIpc) is 2.26. The number of ether oxygens (including phenoxy) is 2. The Morgan fingerprint density at radius 1 is 1.36 bits per heavy atom. The van der Waals surface area contributed by atoms with Crippen molar-refractivity contribution >= 4 is 11.6 Å². The molecule has 0 saturated carbocycles. The van der Waals surface area contributed by atoms with Crippen LogP contribution in [-0.4, -0.2) is 20.4 Å². The smallest absolute Gasteiger partial charge is 0.161 e. The molecule has 0 radical (unpaired) electrons.